The molecule has 0 amide bonds. The Morgan fingerprint density at radius 3 is 2.68 bits per heavy atom. The molecule has 0 spiro atoms. The predicted octanol–water partition coefficient (Wildman–Crippen LogP) is 1.92. The summed E-state index contributed by atoms with van der Waals surface area (Å²) in [5.74, 6) is -0.762. The molecule has 0 saturated carbocycles. The van der Waals surface area contributed by atoms with Crippen molar-refractivity contribution in [3.05, 3.63) is 35.4 Å². The van der Waals surface area contributed by atoms with Crippen molar-refractivity contribution in [2.45, 2.75) is 32.4 Å². The van der Waals surface area contributed by atoms with Crippen LogP contribution in [0, 0.1) is 0 Å². The second kappa shape index (κ2) is 6.68. The molecule has 1 aromatic carbocycles. The molecule has 0 aromatic heterocycles. The largest absolute Gasteiger partial charge is 0.481 e. The first-order valence-corrected chi connectivity index (χ1v) is 6.80. The zero-order chi connectivity index (χ0) is 13.7. The van der Waals surface area contributed by atoms with E-state index in [0.29, 0.717) is 13.2 Å². The number of ether oxygens (including phenoxy) is 1. The Morgan fingerprint density at radius 1 is 1.37 bits per heavy atom. The number of hydrogen-bond donors (Lipinski definition) is 1. The highest BCUT2D eigenvalue weighted by molar-refractivity contribution is 5.67. The van der Waals surface area contributed by atoms with Crippen LogP contribution in [0.25, 0.3) is 0 Å². The lowest BCUT2D eigenvalue weighted by Crippen LogP contribution is -2.45. The average molecular weight is 263 g/mol. The van der Waals surface area contributed by atoms with Gasteiger partial charge in [-0.15, -0.1) is 0 Å². The molecule has 19 heavy (non-hydrogen) atoms. The number of carboxylic acids is 1. The fourth-order valence-corrected chi connectivity index (χ4v) is 2.40. The van der Waals surface area contributed by atoms with Gasteiger partial charge in [-0.05, 0) is 17.5 Å². The van der Waals surface area contributed by atoms with Gasteiger partial charge < -0.3 is 9.84 Å². The maximum atomic E-state index is 10.9. The molecule has 2 rings (SSSR count). The number of aliphatic carboxylic acids is 1. The second-order valence-electron chi connectivity index (χ2n) is 4.97. The van der Waals surface area contributed by atoms with Crippen molar-refractivity contribution < 1.29 is 14.6 Å². The number of hydrogen-bond acceptors (Lipinski definition) is 3. The number of nitrogens with zero attached hydrogens (tertiary/aromatic N) is 1. The normalized spacial score (nSPS) is 20.4. The molecule has 4 heteroatoms. The van der Waals surface area contributed by atoms with Gasteiger partial charge in [0, 0.05) is 19.1 Å². The molecule has 4 nitrogen and oxygen atoms in total. The van der Waals surface area contributed by atoms with Gasteiger partial charge in [0.1, 0.15) is 0 Å². The van der Waals surface area contributed by atoms with Crippen molar-refractivity contribution in [2.75, 3.05) is 19.8 Å². The number of carbonyl (C=O) groups is 1. The molecule has 1 saturated heterocycles. The van der Waals surface area contributed by atoms with Crippen molar-refractivity contribution >= 4 is 5.97 Å². The SMILES string of the molecule is CCc1ccc(CN2CCOCC2CC(=O)O)cc1. The van der Waals surface area contributed by atoms with E-state index in [9.17, 15) is 4.79 Å². The number of aryl methyl sites for hydroxylation is 1. The summed E-state index contributed by atoms with van der Waals surface area (Å²) in [7, 11) is 0. The minimum absolute atomic E-state index is 0.0166. The van der Waals surface area contributed by atoms with E-state index in [1.54, 1.807) is 0 Å². The van der Waals surface area contributed by atoms with Gasteiger partial charge in [-0.1, -0.05) is 31.2 Å². The lowest BCUT2D eigenvalue weighted by Gasteiger charge is -2.34. The third-order valence-electron chi connectivity index (χ3n) is 3.58. The van der Waals surface area contributed by atoms with E-state index < -0.39 is 5.97 Å². The molecule has 1 aliphatic rings. The Kier molecular flexibility index (Phi) is 4.93. The molecule has 0 radical (unpaired) electrons. The summed E-state index contributed by atoms with van der Waals surface area (Å²) in [5, 5.41) is 8.94. The average Bonchev–Trinajstić information content (AvgIpc) is 2.41. The zero-order valence-electron chi connectivity index (χ0n) is 11.3. The van der Waals surface area contributed by atoms with Crippen molar-refractivity contribution in [1.82, 2.24) is 4.90 Å². The monoisotopic (exact) mass is 263 g/mol. The van der Waals surface area contributed by atoms with Gasteiger partial charge >= 0.3 is 5.97 Å². The lowest BCUT2D eigenvalue weighted by molar-refractivity contribution is -0.140. The van der Waals surface area contributed by atoms with Gasteiger partial charge in [0.05, 0.1) is 19.6 Å². The van der Waals surface area contributed by atoms with Crippen LogP contribution in [0.5, 0.6) is 0 Å². The standard InChI is InChI=1S/C15H21NO3/c1-2-12-3-5-13(6-4-12)10-16-7-8-19-11-14(16)9-15(17)18/h3-6,14H,2,7-11H2,1H3,(H,17,18). The lowest BCUT2D eigenvalue weighted by atomic mass is 10.1. The summed E-state index contributed by atoms with van der Waals surface area (Å²) >= 11 is 0. The highest BCUT2D eigenvalue weighted by Gasteiger charge is 2.25. The molecule has 1 atom stereocenters. The third kappa shape index (κ3) is 4.04. The van der Waals surface area contributed by atoms with Gasteiger partial charge in [0.25, 0.3) is 0 Å². The van der Waals surface area contributed by atoms with E-state index in [2.05, 4.69) is 36.1 Å². The summed E-state index contributed by atoms with van der Waals surface area (Å²) in [6, 6.07) is 8.53. The summed E-state index contributed by atoms with van der Waals surface area (Å²) in [6.07, 6.45) is 1.19. The van der Waals surface area contributed by atoms with Crippen LogP contribution in [0.3, 0.4) is 0 Å². The number of carboxylic acid groups (broad SMARTS) is 1. The van der Waals surface area contributed by atoms with Crippen LogP contribution in [0.2, 0.25) is 0 Å². The predicted molar refractivity (Wildman–Crippen MR) is 73.1 cm³/mol. The summed E-state index contributed by atoms with van der Waals surface area (Å²) in [6.45, 7) is 4.93. The zero-order valence-corrected chi connectivity index (χ0v) is 11.3. The van der Waals surface area contributed by atoms with E-state index in [1.165, 1.54) is 11.1 Å². The van der Waals surface area contributed by atoms with Crippen LogP contribution in [0.1, 0.15) is 24.5 Å². The Labute approximate surface area is 114 Å². The van der Waals surface area contributed by atoms with Gasteiger partial charge in [-0.25, -0.2) is 0 Å². The molecule has 1 fully saturated rings. The summed E-state index contributed by atoms with van der Waals surface area (Å²) in [5.41, 5.74) is 2.56. The molecule has 1 heterocycles. The first kappa shape index (κ1) is 14.0. The van der Waals surface area contributed by atoms with Crippen molar-refractivity contribution in [3.63, 3.8) is 0 Å². The fraction of sp³-hybridized carbons (Fsp3) is 0.533. The number of benzene rings is 1. The van der Waals surface area contributed by atoms with Crippen molar-refractivity contribution in [1.29, 1.82) is 0 Å². The van der Waals surface area contributed by atoms with Gasteiger partial charge in [-0.3, -0.25) is 9.69 Å². The highest BCUT2D eigenvalue weighted by atomic mass is 16.5. The quantitative estimate of drug-likeness (QED) is 0.882. The van der Waals surface area contributed by atoms with Crippen molar-refractivity contribution in [3.8, 4) is 0 Å². The molecule has 1 aliphatic heterocycles. The second-order valence-corrected chi connectivity index (χ2v) is 4.97. The first-order valence-electron chi connectivity index (χ1n) is 6.80. The summed E-state index contributed by atoms with van der Waals surface area (Å²) in [4.78, 5) is 13.1. The maximum absolute atomic E-state index is 10.9. The van der Waals surface area contributed by atoms with Crippen LogP contribution in [0.15, 0.2) is 24.3 Å². The minimum Gasteiger partial charge on any atom is -0.481 e. The molecule has 104 valence electrons. The molecule has 0 aliphatic carbocycles. The van der Waals surface area contributed by atoms with E-state index in [0.717, 1.165) is 19.5 Å². The highest BCUT2D eigenvalue weighted by Crippen LogP contribution is 2.15. The van der Waals surface area contributed by atoms with Crippen LogP contribution < -0.4 is 0 Å². The smallest absolute Gasteiger partial charge is 0.305 e. The number of rotatable bonds is 5. The van der Waals surface area contributed by atoms with Gasteiger partial charge in [0.2, 0.25) is 0 Å². The van der Waals surface area contributed by atoms with Crippen molar-refractivity contribution in [2.24, 2.45) is 0 Å². The molecule has 0 bridgehead atoms. The van der Waals surface area contributed by atoms with Crippen LogP contribution in [-0.4, -0.2) is 41.8 Å². The minimum atomic E-state index is -0.762. The third-order valence-corrected chi connectivity index (χ3v) is 3.58. The molecule has 1 unspecified atom stereocenters. The molecular formula is C15H21NO3. The van der Waals surface area contributed by atoms with Crippen LogP contribution in [0.4, 0.5) is 0 Å². The van der Waals surface area contributed by atoms with E-state index in [-0.39, 0.29) is 12.5 Å². The number of morpholine rings is 1. The fourth-order valence-electron chi connectivity index (χ4n) is 2.40. The Morgan fingerprint density at radius 2 is 2.05 bits per heavy atom. The topological polar surface area (TPSA) is 49.8 Å². The summed E-state index contributed by atoms with van der Waals surface area (Å²) < 4.78 is 5.38. The Balaban J connectivity index is 1.99. The maximum Gasteiger partial charge on any atom is 0.305 e. The van der Waals surface area contributed by atoms with Crippen LogP contribution >= 0.6 is 0 Å². The Bertz CT molecular complexity index is 416. The Hall–Kier alpha value is -1.39. The first-order chi connectivity index (χ1) is 9.19. The molecule has 1 aromatic rings. The van der Waals surface area contributed by atoms with Gasteiger partial charge in [0.15, 0.2) is 0 Å². The van der Waals surface area contributed by atoms with E-state index in [4.69, 9.17) is 9.84 Å². The van der Waals surface area contributed by atoms with E-state index in [1.807, 2.05) is 0 Å². The van der Waals surface area contributed by atoms with Gasteiger partial charge in [-0.2, -0.15) is 0 Å². The van der Waals surface area contributed by atoms with Crippen LogP contribution in [-0.2, 0) is 22.5 Å². The molecular weight excluding hydrogens is 242 g/mol. The molecule has 1 N–H and O–H groups in total. The van der Waals surface area contributed by atoms with E-state index >= 15 is 0 Å².